The third kappa shape index (κ3) is 3.51. The quantitative estimate of drug-likeness (QED) is 0.831. The second kappa shape index (κ2) is 7.07. The van der Waals surface area contributed by atoms with Crippen molar-refractivity contribution in [2.24, 2.45) is 5.92 Å². The maximum Gasteiger partial charge on any atom is 0.227 e. The molecule has 5 heteroatoms. The first-order valence-corrected chi connectivity index (χ1v) is 7.95. The van der Waals surface area contributed by atoms with E-state index in [2.05, 4.69) is 24.1 Å². The van der Waals surface area contributed by atoms with Crippen molar-refractivity contribution < 1.29 is 9.59 Å². The third-order valence-corrected chi connectivity index (χ3v) is 4.72. The molecule has 1 atom stereocenters. The fourth-order valence-electron chi connectivity index (χ4n) is 3.39. The average molecular weight is 281 g/mol. The lowest BCUT2D eigenvalue weighted by Crippen LogP contribution is -2.50. The molecule has 0 radical (unpaired) electrons. The van der Waals surface area contributed by atoms with Crippen LogP contribution in [0.3, 0.4) is 0 Å². The maximum absolute atomic E-state index is 12.4. The van der Waals surface area contributed by atoms with Crippen LogP contribution < -0.4 is 5.32 Å². The van der Waals surface area contributed by atoms with Crippen molar-refractivity contribution in [2.75, 3.05) is 32.7 Å². The van der Waals surface area contributed by atoms with Gasteiger partial charge in [-0.2, -0.15) is 0 Å². The van der Waals surface area contributed by atoms with Crippen LogP contribution in [0, 0.1) is 5.92 Å². The molecule has 0 aromatic heterocycles. The lowest BCUT2D eigenvalue weighted by molar-refractivity contribution is -0.138. The summed E-state index contributed by atoms with van der Waals surface area (Å²) < 4.78 is 0. The molecule has 0 aliphatic carbocycles. The number of likely N-dealkylation sites (tertiary alicyclic amines) is 1. The first-order valence-electron chi connectivity index (χ1n) is 7.95. The van der Waals surface area contributed by atoms with Gasteiger partial charge in [-0.05, 0) is 32.4 Å². The largest absolute Gasteiger partial charge is 0.355 e. The molecule has 2 amide bonds. The molecule has 2 heterocycles. The van der Waals surface area contributed by atoms with Crippen molar-refractivity contribution >= 4 is 11.8 Å². The molecule has 2 aliphatic heterocycles. The van der Waals surface area contributed by atoms with E-state index in [1.165, 1.54) is 0 Å². The lowest BCUT2D eigenvalue weighted by Gasteiger charge is -2.39. The average Bonchev–Trinajstić information content (AvgIpc) is 2.49. The normalized spacial score (nSPS) is 24.9. The van der Waals surface area contributed by atoms with E-state index in [1.54, 1.807) is 0 Å². The number of nitrogens with zero attached hydrogens (tertiary/aromatic N) is 2. The summed E-state index contributed by atoms with van der Waals surface area (Å²) in [4.78, 5) is 28.1. The number of carbonyl (C=O) groups excluding carboxylic acids is 2. The minimum atomic E-state index is -0.00213. The van der Waals surface area contributed by atoms with Gasteiger partial charge >= 0.3 is 0 Å². The van der Waals surface area contributed by atoms with Gasteiger partial charge in [0.25, 0.3) is 0 Å². The topological polar surface area (TPSA) is 52.7 Å². The first kappa shape index (κ1) is 15.3. The van der Waals surface area contributed by atoms with Crippen molar-refractivity contribution in [1.29, 1.82) is 0 Å². The number of carbonyl (C=O) groups is 2. The first-order chi connectivity index (χ1) is 9.65. The summed E-state index contributed by atoms with van der Waals surface area (Å²) in [5, 5.41) is 2.80. The van der Waals surface area contributed by atoms with Crippen LogP contribution in [0.15, 0.2) is 0 Å². The Hall–Kier alpha value is -1.10. The standard InChI is InChI=1S/C15H27N3O2/c1-3-17(4-2)13-7-9-18(10-8-13)15(20)12-5-6-14(19)16-11-12/h12-13H,3-11H2,1-2H3,(H,16,19). The molecule has 1 N–H and O–H groups in total. The smallest absolute Gasteiger partial charge is 0.227 e. The van der Waals surface area contributed by atoms with Gasteiger partial charge in [0, 0.05) is 32.1 Å². The minimum Gasteiger partial charge on any atom is -0.355 e. The molecule has 0 spiro atoms. The van der Waals surface area contributed by atoms with Crippen LogP contribution in [0.4, 0.5) is 0 Å². The molecular weight excluding hydrogens is 254 g/mol. The molecule has 0 aromatic rings. The fraction of sp³-hybridized carbons (Fsp3) is 0.867. The summed E-state index contributed by atoms with van der Waals surface area (Å²) in [6.07, 6.45) is 3.35. The zero-order chi connectivity index (χ0) is 14.5. The Morgan fingerprint density at radius 3 is 2.40 bits per heavy atom. The van der Waals surface area contributed by atoms with Crippen molar-refractivity contribution in [1.82, 2.24) is 15.1 Å². The second-order valence-corrected chi connectivity index (χ2v) is 5.82. The van der Waals surface area contributed by atoms with Gasteiger partial charge in [0.2, 0.25) is 11.8 Å². The van der Waals surface area contributed by atoms with E-state index in [0.717, 1.165) is 39.0 Å². The molecule has 114 valence electrons. The van der Waals surface area contributed by atoms with Crippen LogP contribution in [0.5, 0.6) is 0 Å². The summed E-state index contributed by atoms with van der Waals surface area (Å²) in [5.74, 6) is 0.315. The van der Waals surface area contributed by atoms with Crippen LogP contribution in [0.1, 0.15) is 39.5 Å². The summed E-state index contributed by atoms with van der Waals surface area (Å²) in [6, 6.07) is 0.625. The molecule has 1 unspecified atom stereocenters. The Kier molecular flexibility index (Phi) is 5.40. The number of rotatable bonds is 4. The summed E-state index contributed by atoms with van der Waals surface area (Å²) in [5.41, 5.74) is 0. The molecule has 5 nitrogen and oxygen atoms in total. The van der Waals surface area contributed by atoms with Crippen LogP contribution in [-0.2, 0) is 9.59 Å². The number of hydrogen-bond donors (Lipinski definition) is 1. The highest BCUT2D eigenvalue weighted by atomic mass is 16.2. The number of hydrogen-bond acceptors (Lipinski definition) is 3. The molecular formula is C15H27N3O2. The molecule has 0 saturated carbocycles. The van der Waals surface area contributed by atoms with E-state index in [-0.39, 0.29) is 17.7 Å². The van der Waals surface area contributed by atoms with Crippen molar-refractivity contribution in [3.05, 3.63) is 0 Å². The Morgan fingerprint density at radius 1 is 1.25 bits per heavy atom. The van der Waals surface area contributed by atoms with Gasteiger partial charge in [-0.25, -0.2) is 0 Å². The van der Waals surface area contributed by atoms with Crippen molar-refractivity contribution in [2.45, 2.75) is 45.6 Å². The highest BCUT2D eigenvalue weighted by Gasteiger charge is 2.31. The summed E-state index contributed by atoms with van der Waals surface area (Å²) >= 11 is 0. The molecule has 2 saturated heterocycles. The van der Waals surface area contributed by atoms with E-state index in [1.807, 2.05) is 4.90 Å². The van der Waals surface area contributed by atoms with Crippen LogP contribution >= 0.6 is 0 Å². The van der Waals surface area contributed by atoms with E-state index >= 15 is 0 Å². The Balaban J connectivity index is 1.81. The van der Waals surface area contributed by atoms with Gasteiger partial charge in [-0.3, -0.25) is 9.59 Å². The Bertz CT molecular complexity index is 337. The van der Waals surface area contributed by atoms with E-state index in [0.29, 0.717) is 25.4 Å². The molecule has 20 heavy (non-hydrogen) atoms. The van der Waals surface area contributed by atoms with E-state index < -0.39 is 0 Å². The highest BCUT2D eigenvalue weighted by molar-refractivity contribution is 5.83. The van der Waals surface area contributed by atoms with Gasteiger partial charge in [0.1, 0.15) is 0 Å². The second-order valence-electron chi connectivity index (χ2n) is 5.82. The number of nitrogens with one attached hydrogen (secondary N) is 1. The minimum absolute atomic E-state index is 0.00213. The molecule has 0 aromatic carbocycles. The van der Waals surface area contributed by atoms with E-state index in [4.69, 9.17) is 0 Å². The number of amides is 2. The third-order valence-electron chi connectivity index (χ3n) is 4.72. The zero-order valence-electron chi connectivity index (χ0n) is 12.7. The number of piperidine rings is 2. The summed E-state index contributed by atoms with van der Waals surface area (Å²) in [7, 11) is 0. The van der Waals surface area contributed by atoms with E-state index in [9.17, 15) is 9.59 Å². The zero-order valence-corrected chi connectivity index (χ0v) is 12.7. The summed E-state index contributed by atoms with van der Waals surface area (Å²) in [6.45, 7) is 8.83. The van der Waals surface area contributed by atoms with Gasteiger partial charge in [-0.1, -0.05) is 13.8 Å². The van der Waals surface area contributed by atoms with Crippen LogP contribution in [-0.4, -0.2) is 60.4 Å². The predicted molar refractivity (Wildman–Crippen MR) is 78.3 cm³/mol. The maximum atomic E-state index is 12.4. The van der Waals surface area contributed by atoms with Gasteiger partial charge in [0.15, 0.2) is 0 Å². The molecule has 2 rings (SSSR count). The molecule has 2 fully saturated rings. The van der Waals surface area contributed by atoms with Crippen molar-refractivity contribution in [3.8, 4) is 0 Å². The monoisotopic (exact) mass is 281 g/mol. The van der Waals surface area contributed by atoms with Crippen LogP contribution in [0.2, 0.25) is 0 Å². The Morgan fingerprint density at radius 2 is 1.90 bits per heavy atom. The molecule has 2 aliphatic rings. The van der Waals surface area contributed by atoms with Crippen LogP contribution in [0.25, 0.3) is 0 Å². The van der Waals surface area contributed by atoms with Gasteiger partial charge < -0.3 is 15.1 Å². The van der Waals surface area contributed by atoms with Crippen molar-refractivity contribution in [3.63, 3.8) is 0 Å². The Labute approximate surface area is 121 Å². The molecule has 0 bridgehead atoms. The predicted octanol–water partition coefficient (Wildman–Crippen LogP) is 0.845. The lowest BCUT2D eigenvalue weighted by atomic mass is 9.95. The van der Waals surface area contributed by atoms with Gasteiger partial charge in [0.05, 0.1) is 5.92 Å². The highest BCUT2D eigenvalue weighted by Crippen LogP contribution is 2.20. The SMILES string of the molecule is CCN(CC)C1CCN(C(=O)C2CCC(=O)NC2)CC1. The van der Waals surface area contributed by atoms with Gasteiger partial charge in [-0.15, -0.1) is 0 Å². The fourth-order valence-corrected chi connectivity index (χ4v) is 3.39.